The predicted molar refractivity (Wildman–Crippen MR) is 131 cm³/mol. The van der Waals surface area contributed by atoms with Crippen LogP contribution >= 0.6 is 23.2 Å². The number of hydrogen-bond donors (Lipinski definition) is 1. The van der Waals surface area contributed by atoms with Gasteiger partial charge in [-0.3, -0.25) is 0 Å². The molecular formula is C22H23Cl2N7O3. The molecule has 3 aromatic rings. The lowest BCUT2D eigenvalue weighted by atomic mass is 10.2. The molecule has 178 valence electrons. The number of aromatic nitrogens is 3. The van der Waals surface area contributed by atoms with Crippen LogP contribution in [0.2, 0.25) is 10.0 Å². The number of benzene rings is 1. The van der Waals surface area contributed by atoms with Crippen molar-refractivity contribution < 1.29 is 13.9 Å². The van der Waals surface area contributed by atoms with Crippen LogP contribution in [0.1, 0.15) is 5.76 Å². The van der Waals surface area contributed by atoms with E-state index in [-0.39, 0.29) is 0 Å². The summed E-state index contributed by atoms with van der Waals surface area (Å²) in [7, 11) is 0. The third-order valence-electron chi connectivity index (χ3n) is 5.38. The highest BCUT2D eigenvalue weighted by Gasteiger charge is 2.20. The van der Waals surface area contributed by atoms with Crippen LogP contribution in [0, 0.1) is 0 Å². The first-order valence-electron chi connectivity index (χ1n) is 10.9. The van der Waals surface area contributed by atoms with Crippen LogP contribution < -0.4 is 15.2 Å². The second-order valence-electron chi connectivity index (χ2n) is 7.65. The van der Waals surface area contributed by atoms with E-state index in [1.807, 2.05) is 12.1 Å². The van der Waals surface area contributed by atoms with Crippen molar-refractivity contribution in [3.05, 3.63) is 46.1 Å². The Morgan fingerprint density at radius 3 is 2.12 bits per heavy atom. The molecule has 2 saturated heterocycles. The van der Waals surface area contributed by atoms with Crippen molar-refractivity contribution >= 4 is 47.3 Å². The van der Waals surface area contributed by atoms with Gasteiger partial charge < -0.3 is 23.7 Å². The van der Waals surface area contributed by atoms with E-state index in [1.54, 1.807) is 24.4 Å². The van der Waals surface area contributed by atoms with Gasteiger partial charge in [0, 0.05) is 36.8 Å². The van der Waals surface area contributed by atoms with Gasteiger partial charge in [-0.05, 0) is 30.3 Å². The number of nitrogens with one attached hydrogen (secondary N) is 1. The van der Waals surface area contributed by atoms with Crippen molar-refractivity contribution in [3.63, 3.8) is 0 Å². The second kappa shape index (κ2) is 10.6. The highest BCUT2D eigenvalue weighted by molar-refractivity contribution is 6.36. The molecule has 2 aromatic heterocycles. The van der Waals surface area contributed by atoms with E-state index in [1.165, 1.54) is 0 Å². The average Bonchev–Trinajstić information content (AvgIpc) is 3.33. The summed E-state index contributed by atoms with van der Waals surface area (Å²) in [6.07, 6.45) is 1.56. The first kappa shape index (κ1) is 22.9. The maximum absolute atomic E-state index is 6.28. The van der Waals surface area contributed by atoms with Gasteiger partial charge >= 0.3 is 0 Å². The molecule has 0 bridgehead atoms. The smallest absolute Gasteiger partial charge is 0.250 e. The Labute approximate surface area is 206 Å². The van der Waals surface area contributed by atoms with Crippen LogP contribution in [-0.2, 0) is 9.47 Å². The Kier molecular flexibility index (Phi) is 7.10. The SMILES string of the molecule is Clc1ccc(-c2ccc(/C=N\Nc3nc(N4CCOCC4)nc(N4CCOCC4)n3)o2)c(Cl)c1. The molecule has 2 aliphatic heterocycles. The Bertz CT molecular complexity index is 1120. The van der Waals surface area contributed by atoms with E-state index < -0.39 is 0 Å². The van der Waals surface area contributed by atoms with E-state index in [2.05, 4.69) is 35.3 Å². The molecule has 34 heavy (non-hydrogen) atoms. The maximum Gasteiger partial charge on any atom is 0.250 e. The fourth-order valence-corrected chi connectivity index (χ4v) is 4.12. The Balaban J connectivity index is 1.33. The molecule has 1 aromatic carbocycles. The van der Waals surface area contributed by atoms with Crippen molar-refractivity contribution in [2.45, 2.75) is 0 Å². The van der Waals surface area contributed by atoms with Crippen LogP contribution in [0.15, 0.2) is 39.9 Å². The second-order valence-corrected chi connectivity index (χ2v) is 8.50. The predicted octanol–water partition coefficient (Wildman–Crippen LogP) is 3.56. The van der Waals surface area contributed by atoms with Crippen molar-refractivity contribution in [2.24, 2.45) is 5.10 Å². The lowest BCUT2D eigenvalue weighted by Crippen LogP contribution is -2.40. The van der Waals surface area contributed by atoms with E-state index in [0.717, 1.165) is 31.7 Å². The van der Waals surface area contributed by atoms with E-state index >= 15 is 0 Å². The Morgan fingerprint density at radius 1 is 0.853 bits per heavy atom. The summed E-state index contributed by atoms with van der Waals surface area (Å²) in [6, 6.07) is 8.88. The van der Waals surface area contributed by atoms with Gasteiger partial charge in [0.25, 0.3) is 0 Å². The minimum Gasteiger partial charge on any atom is -0.455 e. The van der Waals surface area contributed by atoms with Crippen LogP contribution in [0.4, 0.5) is 17.8 Å². The fourth-order valence-electron chi connectivity index (χ4n) is 3.62. The molecule has 0 amide bonds. The number of anilines is 3. The third kappa shape index (κ3) is 5.41. The van der Waals surface area contributed by atoms with Gasteiger partial charge in [0.05, 0.1) is 37.7 Å². The number of nitrogens with zero attached hydrogens (tertiary/aromatic N) is 6. The summed E-state index contributed by atoms with van der Waals surface area (Å²) < 4.78 is 16.8. The highest BCUT2D eigenvalue weighted by Crippen LogP contribution is 2.31. The number of ether oxygens (including phenoxy) is 2. The molecular weight excluding hydrogens is 481 g/mol. The monoisotopic (exact) mass is 503 g/mol. The van der Waals surface area contributed by atoms with Crippen LogP contribution in [0.5, 0.6) is 0 Å². The Hall–Kier alpha value is -2.92. The molecule has 0 radical (unpaired) electrons. The molecule has 0 aliphatic carbocycles. The van der Waals surface area contributed by atoms with Gasteiger partial charge in [-0.25, -0.2) is 5.43 Å². The quantitative estimate of drug-likeness (QED) is 0.399. The first-order valence-corrected chi connectivity index (χ1v) is 11.7. The maximum atomic E-state index is 6.28. The average molecular weight is 504 g/mol. The van der Waals surface area contributed by atoms with Crippen molar-refractivity contribution in [1.29, 1.82) is 0 Å². The van der Waals surface area contributed by atoms with Crippen LogP contribution in [0.3, 0.4) is 0 Å². The van der Waals surface area contributed by atoms with Crippen molar-refractivity contribution in [1.82, 2.24) is 15.0 Å². The number of hydrazone groups is 1. The molecule has 10 nitrogen and oxygen atoms in total. The zero-order chi connectivity index (χ0) is 23.3. The van der Waals surface area contributed by atoms with Gasteiger partial charge in [-0.1, -0.05) is 23.2 Å². The van der Waals surface area contributed by atoms with Gasteiger partial charge in [-0.15, -0.1) is 0 Å². The summed E-state index contributed by atoms with van der Waals surface area (Å²) in [4.78, 5) is 18.0. The number of halogens is 2. The van der Waals surface area contributed by atoms with Crippen LogP contribution in [0.25, 0.3) is 11.3 Å². The van der Waals surface area contributed by atoms with Gasteiger partial charge in [-0.2, -0.15) is 20.1 Å². The molecule has 12 heteroatoms. The van der Waals surface area contributed by atoms with Gasteiger partial charge in [0.15, 0.2) is 0 Å². The summed E-state index contributed by atoms with van der Waals surface area (Å²) in [5.74, 6) is 2.70. The lowest BCUT2D eigenvalue weighted by Gasteiger charge is -2.30. The molecule has 0 atom stereocenters. The molecule has 5 rings (SSSR count). The van der Waals surface area contributed by atoms with Crippen LogP contribution in [-0.4, -0.2) is 73.8 Å². The van der Waals surface area contributed by atoms with Crippen molar-refractivity contribution in [3.8, 4) is 11.3 Å². The molecule has 0 unspecified atom stereocenters. The standard InChI is InChI=1S/C22H23Cl2N7O3/c23-15-1-3-17(18(24)13-15)19-4-2-16(34-19)14-25-29-20-26-21(30-5-9-32-10-6-30)28-22(27-20)31-7-11-33-12-8-31/h1-4,13-14H,5-12H2,(H,26,27,28,29)/b25-14-. The Morgan fingerprint density at radius 2 is 1.50 bits per heavy atom. The minimum absolute atomic E-state index is 0.349. The third-order valence-corrected chi connectivity index (χ3v) is 5.93. The fraction of sp³-hybridized carbons (Fsp3) is 0.364. The van der Waals surface area contributed by atoms with Crippen molar-refractivity contribution in [2.75, 3.05) is 67.8 Å². The number of hydrogen-bond acceptors (Lipinski definition) is 10. The topological polar surface area (TPSA) is 101 Å². The number of morpholine rings is 2. The highest BCUT2D eigenvalue weighted by atomic mass is 35.5. The molecule has 0 saturated carbocycles. The largest absolute Gasteiger partial charge is 0.455 e. The molecule has 2 aliphatic rings. The molecule has 4 heterocycles. The number of furan rings is 1. The van der Waals surface area contributed by atoms with E-state index in [0.29, 0.717) is 65.8 Å². The van der Waals surface area contributed by atoms with Gasteiger partial charge in [0.2, 0.25) is 17.8 Å². The zero-order valence-corrected chi connectivity index (χ0v) is 19.8. The zero-order valence-electron chi connectivity index (χ0n) is 18.3. The number of rotatable bonds is 6. The molecule has 1 N–H and O–H groups in total. The lowest BCUT2D eigenvalue weighted by molar-refractivity contribution is 0.121. The van der Waals surface area contributed by atoms with E-state index in [4.69, 9.17) is 37.1 Å². The summed E-state index contributed by atoms with van der Waals surface area (Å²) >= 11 is 12.3. The van der Waals surface area contributed by atoms with Gasteiger partial charge in [0.1, 0.15) is 11.5 Å². The minimum atomic E-state index is 0.349. The summed E-state index contributed by atoms with van der Waals surface area (Å²) in [5.41, 5.74) is 3.66. The summed E-state index contributed by atoms with van der Waals surface area (Å²) in [5, 5.41) is 5.35. The molecule has 2 fully saturated rings. The first-order chi connectivity index (χ1) is 16.7. The summed E-state index contributed by atoms with van der Waals surface area (Å²) in [6.45, 7) is 5.43. The normalized spacial score (nSPS) is 16.9. The molecule has 0 spiro atoms. The van der Waals surface area contributed by atoms with E-state index in [9.17, 15) is 0 Å².